The molecule has 0 fully saturated rings. The molecular formula is C16H14F2O2. The summed E-state index contributed by atoms with van der Waals surface area (Å²) in [5.41, 5.74) is 1.33. The Morgan fingerprint density at radius 1 is 1.00 bits per heavy atom. The van der Waals surface area contributed by atoms with Crippen LogP contribution in [-0.2, 0) is 17.6 Å². The molecular weight excluding hydrogens is 262 g/mol. The lowest BCUT2D eigenvalue weighted by Crippen LogP contribution is -2.07. The first kappa shape index (κ1) is 14.2. The molecule has 0 bridgehead atoms. The molecule has 4 heteroatoms. The Kier molecular flexibility index (Phi) is 4.45. The summed E-state index contributed by atoms with van der Waals surface area (Å²) in [7, 11) is 1.39. The topological polar surface area (TPSA) is 26.3 Å². The van der Waals surface area contributed by atoms with Crippen LogP contribution in [0.3, 0.4) is 0 Å². The predicted octanol–water partition coefficient (Wildman–Crippen LogP) is 3.33. The zero-order valence-corrected chi connectivity index (χ0v) is 11.0. The van der Waals surface area contributed by atoms with E-state index in [0.29, 0.717) is 5.56 Å². The Labute approximate surface area is 116 Å². The number of hydrogen-bond donors (Lipinski definition) is 0. The van der Waals surface area contributed by atoms with Crippen molar-refractivity contribution in [2.24, 2.45) is 0 Å². The highest BCUT2D eigenvalue weighted by molar-refractivity contribution is 5.83. The quantitative estimate of drug-likeness (QED) is 0.837. The Morgan fingerprint density at radius 3 is 2.20 bits per heavy atom. The van der Waals surface area contributed by atoms with Crippen molar-refractivity contribution < 1.29 is 18.3 Å². The molecule has 0 amide bonds. The maximum atomic E-state index is 13.5. The molecule has 0 aliphatic rings. The molecule has 0 aliphatic carbocycles. The first-order valence-electron chi connectivity index (χ1n) is 6.17. The Hall–Kier alpha value is -2.23. The minimum Gasteiger partial charge on any atom is -0.494 e. The third kappa shape index (κ3) is 3.63. The fraction of sp³-hybridized carbons (Fsp3) is 0.188. The number of carbonyl (C=O) groups is 1. The summed E-state index contributed by atoms with van der Waals surface area (Å²) >= 11 is 0. The zero-order valence-electron chi connectivity index (χ0n) is 11.0. The number of ether oxygens (including phenoxy) is 1. The van der Waals surface area contributed by atoms with Crippen LogP contribution in [0.1, 0.15) is 11.1 Å². The van der Waals surface area contributed by atoms with Gasteiger partial charge in [0.2, 0.25) is 0 Å². The zero-order chi connectivity index (χ0) is 14.5. The summed E-state index contributed by atoms with van der Waals surface area (Å²) in [6.45, 7) is 0. The molecule has 0 unspecified atom stereocenters. The van der Waals surface area contributed by atoms with Crippen molar-refractivity contribution in [2.75, 3.05) is 7.11 Å². The van der Waals surface area contributed by atoms with Crippen LogP contribution in [0.25, 0.3) is 0 Å². The van der Waals surface area contributed by atoms with E-state index in [2.05, 4.69) is 0 Å². The number of rotatable bonds is 5. The van der Waals surface area contributed by atoms with Gasteiger partial charge in [0.05, 0.1) is 7.11 Å². The fourth-order valence-corrected chi connectivity index (χ4v) is 1.94. The lowest BCUT2D eigenvalue weighted by atomic mass is 10.0. The Morgan fingerprint density at radius 2 is 1.60 bits per heavy atom. The lowest BCUT2D eigenvalue weighted by molar-refractivity contribution is -0.117. The third-order valence-corrected chi connectivity index (χ3v) is 2.93. The van der Waals surface area contributed by atoms with Crippen LogP contribution in [0.2, 0.25) is 0 Å². The highest BCUT2D eigenvalue weighted by Crippen LogP contribution is 2.18. The van der Waals surface area contributed by atoms with E-state index in [1.165, 1.54) is 31.4 Å². The molecule has 20 heavy (non-hydrogen) atoms. The van der Waals surface area contributed by atoms with Gasteiger partial charge in [-0.1, -0.05) is 18.2 Å². The molecule has 0 aliphatic heterocycles. The highest BCUT2D eigenvalue weighted by Gasteiger charge is 2.08. The van der Waals surface area contributed by atoms with Gasteiger partial charge in [-0.2, -0.15) is 0 Å². The molecule has 2 nitrogen and oxygen atoms in total. The average Bonchev–Trinajstić information content (AvgIpc) is 2.41. The van der Waals surface area contributed by atoms with E-state index in [1.54, 1.807) is 18.2 Å². The van der Waals surface area contributed by atoms with E-state index in [0.717, 1.165) is 5.56 Å². The van der Waals surface area contributed by atoms with Crippen molar-refractivity contribution in [3.05, 3.63) is 65.2 Å². The molecule has 0 radical (unpaired) electrons. The predicted molar refractivity (Wildman–Crippen MR) is 71.8 cm³/mol. The first-order valence-corrected chi connectivity index (χ1v) is 6.17. The van der Waals surface area contributed by atoms with Crippen LogP contribution in [0.5, 0.6) is 5.75 Å². The van der Waals surface area contributed by atoms with Gasteiger partial charge >= 0.3 is 0 Å². The summed E-state index contributed by atoms with van der Waals surface area (Å²) in [5.74, 6) is -0.723. The fourth-order valence-electron chi connectivity index (χ4n) is 1.94. The lowest BCUT2D eigenvalue weighted by Gasteiger charge is -2.05. The Balaban J connectivity index is 2.01. The number of carbonyl (C=O) groups excluding carboxylic acids is 1. The van der Waals surface area contributed by atoms with Crippen LogP contribution >= 0.6 is 0 Å². The van der Waals surface area contributed by atoms with Crippen LogP contribution in [0.15, 0.2) is 42.5 Å². The summed E-state index contributed by atoms with van der Waals surface area (Å²) in [6, 6.07) is 10.2. The van der Waals surface area contributed by atoms with Crippen molar-refractivity contribution in [3.8, 4) is 5.75 Å². The molecule has 0 heterocycles. The molecule has 0 N–H and O–H groups in total. The molecule has 0 spiro atoms. The minimum absolute atomic E-state index is 0.0545. The van der Waals surface area contributed by atoms with Crippen LogP contribution in [0, 0.1) is 11.6 Å². The highest BCUT2D eigenvalue weighted by atomic mass is 19.1. The van der Waals surface area contributed by atoms with Gasteiger partial charge in [-0.3, -0.25) is 4.79 Å². The third-order valence-electron chi connectivity index (χ3n) is 2.93. The molecule has 104 valence electrons. The summed E-state index contributed by atoms with van der Waals surface area (Å²) in [6.07, 6.45) is 0.340. The van der Waals surface area contributed by atoms with Gasteiger partial charge in [0.1, 0.15) is 11.6 Å². The van der Waals surface area contributed by atoms with Gasteiger partial charge in [-0.25, -0.2) is 8.78 Å². The maximum Gasteiger partial charge on any atom is 0.165 e. The van der Waals surface area contributed by atoms with E-state index in [1.807, 2.05) is 0 Å². The van der Waals surface area contributed by atoms with Gasteiger partial charge in [0.25, 0.3) is 0 Å². The smallest absolute Gasteiger partial charge is 0.165 e. The first-order chi connectivity index (χ1) is 9.58. The van der Waals surface area contributed by atoms with E-state index >= 15 is 0 Å². The van der Waals surface area contributed by atoms with Crippen LogP contribution in [0.4, 0.5) is 8.78 Å². The average molecular weight is 276 g/mol. The molecule has 0 saturated carbocycles. The van der Waals surface area contributed by atoms with Gasteiger partial charge in [-0.15, -0.1) is 0 Å². The van der Waals surface area contributed by atoms with Crippen LogP contribution < -0.4 is 4.74 Å². The number of halogens is 2. The van der Waals surface area contributed by atoms with E-state index < -0.39 is 5.82 Å². The number of benzene rings is 2. The number of methoxy groups -OCH3 is 1. The van der Waals surface area contributed by atoms with Crippen molar-refractivity contribution in [3.63, 3.8) is 0 Å². The van der Waals surface area contributed by atoms with Gasteiger partial charge in [0.15, 0.2) is 11.6 Å². The maximum absolute atomic E-state index is 13.5. The molecule has 0 aromatic heterocycles. The number of ketones is 1. The summed E-state index contributed by atoms with van der Waals surface area (Å²) < 4.78 is 31.1. The van der Waals surface area contributed by atoms with Gasteiger partial charge < -0.3 is 4.74 Å². The summed E-state index contributed by atoms with van der Waals surface area (Å²) in [4.78, 5) is 11.9. The van der Waals surface area contributed by atoms with Crippen molar-refractivity contribution in [1.29, 1.82) is 0 Å². The van der Waals surface area contributed by atoms with E-state index in [4.69, 9.17) is 4.74 Å². The largest absolute Gasteiger partial charge is 0.494 e. The molecule has 2 aromatic rings. The van der Waals surface area contributed by atoms with Crippen molar-refractivity contribution in [2.45, 2.75) is 12.8 Å². The molecule has 0 atom stereocenters. The number of Topliss-reactive ketones (excluding diaryl/α,β-unsaturated/α-hetero) is 1. The molecule has 2 rings (SSSR count). The van der Waals surface area contributed by atoms with E-state index in [9.17, 15) is 13.6 Å². The van der Waals surface area contributed by atoms with Crippen molar-refractivity contribution in [1.82, 2.24) is 0 Å². The molecule has 2 aromatic carbocycles. The van der Waals surface area contributed by atoms with Crippen LogP contribution in [-0.4, -0.2) is 12.9 Å². The molecule has 0 saturated heterocycles. The number of hydrogen-bond acceptors (Lipinski definition) is 2. The van der Waals surface area contributed by atoms with Gasteiger partial charge in [0, 0.05) is 12.8 Å². The van der Waals surface area contributed by atoms with E-state index in [-0.39, 0.29) is 30.2 Å². The minimum atomic E-state index is -0.486. The normalized spacial score (nSPS) is 10.3. The van der Waals surface area contributed by atoms with Gasteiger partial charge in [-0.05, 0) is 35.4 Å². The second kappa shape index (κ2) is 6.28. The van der Waals surface area contributed by atoms with Crippen molar-refractivity contribution >= 4 is 5.78 Å². The monoisotopic (exact) mass is 276 g/mol. The Bertz CT molecular complexity index is 606. The second-order valence-electron chi connectivity index (χ2n) is 4.49. The standard InChI is InChI=1S/C16H14F2O2/c1-20-16-7-4-12(10-15(16)18)9-14(19)8-11-2-5-13(17)6-3-11/h2-7,10H,8-9H2,1H3. The summed E-state index contributed by atoms with van der Waals surface area (Å²) in [5, 5.41) is 0. The second-order valence-corrected chi connectivity index (χ2v) is 4.49. The SMILES string of the molecule is COc1ccc(CC(=O)Cc2ccc(F)cc2)cc1F.